The van der Waals surface area contributed by atoms with E-state index in [1.165, 1.54) is 12.4 Å². The fourth-order valence-corrected chi connectivity index (χ4v) is 4.48. The Morgan fingerprint density at radius 1 is 0.737 bits per heavy atom. The van der Waals surface area contributed by atoms with Crippen LogP contribution in [-0.4, -0.2) is 96.4 Å². The number of nitrogens with zero attached hydrogens (tertiary/aromatic N) is 4. The van der Waals surface area contributed by atoms with Crippen LogP contribution in [0.3, 0.4) is 0 Å². The summed E-state index contributed by atoms with van der Waals surface area (Å²) in [6, 6.07) is 7.81. The van der Waals surface area contributed by atoms with Crippen molar-refractivity contribution in [2.24, 2.45) is 0 Å². The Labute approximate surface area is 245 Å². The normalized spacial score (nSPS) is 19.5. The van der Waals surface area contributed by atoms with Crippen molar-refractivity contribution < 1.29 is 67.0 Å². The molecule has 0 spiro atoms. The summed E-state index contributed by atoms with van der Waals surface area (Å²) in [5.41, 5.74) is 4.08. The molecule has 188 valence electrons. The molecule has 0 amide bonds. The number of carboxylic acid groups (broad SMARTS) is 2. The van der Waals surface area contributed by atoms with Gasteiger partial charge in [0.2, 0.25) is 0 Å². The monoisotopic (exact) mass is 504 g/mol. The van der Waals surface area contributed by atoms with Gasteiger partial charge in [0, 0.05) is 38.6 Å². The molecule has 6 rings (SSSR count). The van der Waals surface area contributed by atoms with E-state index in [4.69, 9.17) is 9.47 Å². The van der Waals surface area contributed by atoms with E-state index in [9.17, 15) is 19.8 Å². The molecule has 12 heteroatoms. The third kappa shape index (κ3) is 7.03. The Bertz CT molecular complexity index is 1120. The number of pyridine rings is 2. The van der Waals surface area contributed by atoms with Gasteiger partial charge in [-0.1, -0.05) is 12.2 Å². The number of hydrogen-bond donors (Lipinski definition) is 0. The average molecular weight is 504 g/mol. The molecule has 0 aliphatic carbocycles. The zero-order valence-electron chi connectivity index (χ0n) is 21.7. The summed E-state index contributed by atoms with van der Waals surface area (Å²) in [4.78, 5) is 33.8. The third-order valence-electron chi connectivity index (χ3n) is 6.84. The molecule has 0 unspecified atom stereocenters. The van der Waals surface area contributed by atoms with Crippen molar-refractivity contribution in [2.45, 2.75) is 12.1 Å². The Hall–Kier alpha value is -2.25. The second kappa shape index (κ2) is 13.7. The van der Waals surface area contributed by atoms with E-state index in [0.29, 0.717) is 12.1 Å². The first-order valence-electron chi connectivity index (χ1n) is 11.8. The molecule has 38 heavy (non-hydrogen) atoms. The Balaban J connectivity index is 0.000000200. The van der Waals surface area contributed by atoms with Crippen LogP contribution in [0.1, 0.15) is 32.1 Å². The molecule has 0 radical (unpaired) electrons. The summed E-state index contributed by atoms with van der Waals surface area (Å²) >= 11 is 0. The first-order valence-corrected chi connectivity index (χ1v) is 11.8. The van der Waals surface area contributed by atoms with Crippen LogP contribution in [0.15, 0.2) is 48.8 Å². The number of hydrogen-bond acceptors (Lipinski definition) is 10. The van der Waals surface area contributed by atoms with Crippen LogP contribution in [-0.2, 0) is 9.47 Å². The molecule has 2 saturated heterocycles. The van der Waals surface area contributed by atoms with Crippen molar-refractivity contribution >= 4 is 23.1 Å². The van der Waals surface area contributed by atoms with Crippen molar-refractivity contribution in [3.8, 4) is 0 Å². The predicted molar refractivity (Wildman–Crippen MR) is 125 cm³/mol. The summed E-state index contributed by atoms with van der Waals surface area (Å²) in [5, 5.41) is 21.6. The van der Waals surface area contributed by atoms with E-state index in [1.807, 2.05) is 12.1 Å². The van der Waals surface area contributed by atoms with Gasteiger partial charge in [0.05, 0.1) is 61.8 Å². The molecular weight excluding hydrogens is 478 g/mol. The van der Waals surface area contributed by atoms with E-state index in [2.05, 4.69) is 31.9 Å². The quantitative estimate of drug-likeness (QED) is 0.350. The summed E-state index contributed by atoms with van der Waals surface area (Å²) in [6.45, 7) is 6.64. The number of carboxylic acids is 2. The maximum atomic E-state index is 10.8. The Morgan fingerprint density at radius 2 is 1.13 bits per heavy atom. The molecule has 2 fully saturated rings. The standard InChI is InChI=1S/2C13H14N2O3.2Li/c2*16-13(17)12-5-9(1-3-14-12)10-2-4-15(6-10)11-7-18-8-11;;/h2*1-3,5,11H,4,6-8H2,(H,16,17);;/q;;2*+1/p-2. The van der Waals surface area contributed by atoms with Crippen LogP contribution < -0.4 is 47.9 Å². The minimum Gasteiger partial charge on any atom is -0.543 e. The third-order valence-corrected chi connectivity index (χ3v) is 6.84. The topological polar surface area (TPSA) is 131 Å². The van der Waals surface area contributed by atoms with E-state index >= 15 is 0 Å². The smallest absolute Gasteiger partial charge is 0.543 e. The number of aromatic nitrogens is 2. The number of carbonyl (C=O) groups is 2. The van der Waals surface area contributed by atoms with Crippen molar-refractivity contribution in [1.82, 2.24) is 19.8 Å². The molecule has 2 aromatic heterocycles. The summed E-state index contributed by atoms with van der Waals surface area (Å²) in [6.07, 6.45) is 7.28. The minimum absolute atomic E-state index is 0. The van der Waals surface area contributed by atoms with Gasteiger partial charge in [-0.05, 0) is 46.5 Å². The van der Waals surface area contributed by atoms with Crippen LogP contribution in [0.4, 0.5) is 0 Å². The van der Waals surface area contributed by atoms with Crippen LogP contribution in [0.25, 0.3) is 11.1 Å². The van der Waals surface area contributed by atoms with Gasteiger partial charge in [0.25, 0.3) is 0 Å². The fourth-order valence-electron chi connectivity index (χ4n) is 4.48. The van der Waals surface area contributed by atoms with Gasteiger partial charge in [0.1, 0.15) is 0 Å². The largest absolute Gasteiger partial charge is 1.00 e. The van der Waals surface area contributed by atoms with Crippen LogP contribution in [0.5, 0.6) is 0 Å². The van der Waals surface area contributed by atoms with Crippen LogP contribution >= 0.6 is 0 Å². The van der Waals surface area contributed by atoms with Crippen molar-refractivity contribution in [1.29, 1.82) is 0 Å². The van der Waals surface area contributed by atoms with Crippen molar-refractivity contribution in [2.75, 3.05) is 52.6 Å². The van der Waals surface area contributed by atoms with E-state index in [1.54, 1.807) is 12.1 Å². The molecule has 10 nitrogen and oxygen atoms in total. The van der Waals surface area contributed by atoms with Gasteiger partial charge in [-0.15, -0.1) is 0 Å². The van der Waals surface area contributed by atoms with Gasteiger partial charge < -0.3 is 29.3 Å². The molecule has 0 bridgehead atoms. The second-order valence-electron chi connectivity index (χ2n) is 9.13. The summed E-state index contributed by atoms with van der Waals surface area (Å²) in [5.74, 6) is -2.47. The van der Waals surface area contributed by atoms with E-state index in [-0.39, 0.29) is 49.1 Å². The maximum Gasteiger partial charge on any atom is 1.00 e. The Morgan fingerprint density at radius 3 is 1.45 bits per heavy atom. The first-order chi connectivity index (χ1) is 17.5. The molecular formula is C26H26Li2N4O6. The first kappa shape index (κ1) is 30.3. The van der Waals surface area contributed by atoms with E-state index < -0.39 is 11.9 Å². The van der Waals surface area contributed by atoms with Crippen LogP contribution in [0.2, 0.25) is 0 Å². The van der Waals surface area contributed by atoms with Gasteiger partial charge in [-0.25, -0.2) is 0 Å². The SMILES string of the molecule is O=C([O-])c1cc(C2=CCN(C3COC3)C2)ccn1.O=C([O-])c1cc(C2=CCN(C3COC3)C2)ccn1.[Li+].[Li+]. The van der Waals surface area contributed by atoms with Gasteiger partial charge >= 0.3 is 37.7 Å². The summed E-state index contributed by atoms with van der Waals surface area (Å²) in [7, 11) is 0. The molecule has 6 heterocycles. The maximum absolute atomic E-state index is 10.8. The molecule has 0 aromatic carbocycles. The predicted octanol–water partition coefficient (Wildman–Crippen LogP) is -6.91. The summed E-state index contributed by atoms with van der Waals surface area (Å²) < 4.78 is 10.4. The zero-order chi connectivity index (χ0) is 25.1. The second-order valence-corrected chi connectivity index (χ2v) is 9.13. The minimum atomic E-state index is -1.24. The molecule has 4 aliphatic rings. The van der Waals surface area contributed by atoms with Crippen molar-refractivity contribution in [3.05, 3.63) is 71.3 Å². The average Bonchev–Trinajstić information content (AvgIpc) is 3.48. The number of aromatic carboxylic acids is 2. The molecule has 4 aliphatic heterocycles. The van der Waals surface area contributed by atoms with Gasteiger partial charge in [-0.3, -0.25) is 19.8 Å². The number of carbonyl (C=O) groups excluding carboxylic acids is 2. The van der Waals surface area contributed by atoms with Crippen molar-refractivity contribution in [3.63, 3.8) is 0 Å². The van der Waals surface area contributed by atoms with Gasteiger partial charge in [0.15, 0.2) is 0 Å². The zero-order valence-corrected chi connectivity index (χ0v) is 21.7. The molecule has 0 saturated carbocycles. The van der Waals surface area contributed by atoms with Gasteiger partial charge in [-0.2, -0.15) is 0 Å². The fraction of sp³-hybridized carbons (Fsp3) is 0.385. The van der Waals surface area contributed by atoms with Crippen LogP contribution in [0, 0.1) is 0 Å². The number of rotatable bonds is 6. The molecule has 0 atom stereocenters. The molecule has 0 N–H and O–H groups in total. The Kier molecular flexibility index (Phi) is 10.9. The number of ether oxygens (including phenoxy) is 2. The van der Waals surface area contributed by atoms with E-state index in [0.717, 1.165) is 74.9 Å². The molecule has 2 aromatic rings.